The summed E-state index contributed by atoms with van der Waals surface area (Å²) in [6.45, 7) is 2.49. The normalized spacial score (nSPS) is 21.1. The predicted molar refractivity (Wildman–Crippen MR) is 145 cm³/mol. The average molecular weight is 497 g/mol. The molecule has 3 heteroatoms. The molecule has 5 rings (SSSR count). The molecule has 0 bridgehead atoms. The van der Waals surface area contributed by atoms with Gasteiger partial charge in [-0.25, -0.2) is 0 Å². The third-order valence-corrected chi connectivity index (χ3v) is 16.4. The first-order valence-corrected chi connectivity index (χ1v) is 16.4. The van der Waals surface area contributed by atoms with E-state index in [1.807, 2.05) is 0 Å². The van der Waals surface area contributed by atoms with Crippen molar-refractivity contribution in [2.45, 2.75) is 43.4 Å². The van der Waals surface area contributed by atoms with Gasteiger partial charge in [0, 0.05) is 0 Å². The fourth-order valence-electron chi connectivity index (χ4n) is 7.25. The van der Waals surface area contributed by atoms with Gasteiger partial charge >= 0.3 is 221 Å². The van der Waals surface area contributed by atoms with Crippen molar-refractivity contribution in [2.24, 2.45) is 0 Å². The van der Waals surface area contributed by atoms with Crippen LogP contribution in [0.25, 0.3) is 5.57 Å². The van der Waals surface area contributed by atoms with Gasteiger partial charge in [-0.15, -0.1) is 0 Å². The van der Waals surface area contributed by atoms with Gasteiger partial charge in [-0.1, -0.05) is 0 Å². The van der Waals surface area contributed by atoms with Gasteiger partial charge in [-0.05, 0) is 0 Å². The van der Waals surface area contributed by atoms with Crippen LogP contribution in [0.1, 0.15) is 62.0 Å². The topological polar surface area (TPSA) is 6.48 Å². The molecule has 0 saturated carbocycles. The van der Waals surface area contributed by atoms with Crippen LogP contribution in [-0.2, 0) is 21.4 Å². The maximum atomic E-state index is 2.56. The van der Waals surface area contributed by atoms with Crippen LogP contribution in [-0.4, -0.2) is 38.0 Å². The molecule has 0 aromatic heterocycles. The van der Waals surface area contributed by atoms with E-state index >= 15 is 0 Å². The summed E-state index contributed by atoms with van der Waals surface area (Å²) in [5.74, 6) is 0.539. The molecule has 0 spiro atoms. The van der Waals surface area contributed by atoms with Crippen molar-refractivity contribution in [1.29, 1.82) is 0 Å². The monoisotopic (exact) mass is 496 g/mol. The molecule has 0 heterocycles. The van der Waals surface area contributed by atoms with Crippen molar-refractivity contribution in [1.82, 2.24) is 9.80 Å². The Hall–Kier alpha value is -1.81. The molecule has 0 amide bonds. The number of benzene rings is 3. The molecular formula is C32H39N2Sc. The number of nitrogens with zero attached hydrogens (tertiary/aromatic N) is 2. The first-order chi connectivity index (χ1) is 17.0. The summed E-state index contributed by atoms with van der Waals surface area (Å²) in [4.78, 5) is 5.11. The van der Waals surface area contributed by atoms with E-state index in [2.05, 4.69) is 130 Å². The van der Waals surface area contributed by atoms with Crippen LogP contribution in [0.3, 0.4) is 0 Å². The quantitative estimate of drug-likeness (QED) is 0.331. The summed E-state index contributed by atoms with van der Waals surface area (Å²) in [5.41, 5.74) is 9.60. The van der Waals surface area contributed by atoms with E-state index in [9.17, 15) is 0 Å². The van der Waals surface area contributed by atoms with Gasteiger partial charge in [-0.3, -0.25) is 0 Å². The second-order valence-electron chi connectivity index (χ2n) is 11.0. The summed E-state index contributed by atoms with van der Waals surface area (Å²) in [7, 11) is 9.27. The minimum absolute atomic E-state index is 0.504. The Labute approximate surface area is 220 Å². The molecule has 35 heavy (non-hydrogen) atoms. The molecule has 3 aromatic carbocycles. The van der Waals surface area contributed by atoms with Crippen LogP contribution in [0.5, 0.6) is 0 Å². The zero-order chi connectivity index (χ0) is 24.5. The number of hydrogen-bond acceptors (Lipinski definition) is 2. The summed E-state index contributed by atoms with van der Waals surface area (Å²) in [6, 6.07) is 32.0. The van der Waals surface area contributed by atoms with Gasteiger partial charge in [0.05, 0.1) is 0 Å². The third kappa shape index (κ3) is 4.68. The molecule has 0 saturated heterocycles. The van der Waals surface area contributed by atoms with Gasteiger partial charge in [0.25, 0.3) is 0 Å². The summed E-state index contributed by atoms with van der Waals surface area (Å²) >= 11 is -2.26. The Morgan fingerprint density at radius 1 is 0.714 bits per heavy atom. The molecular weight excluding hydrogens is 457 g/mol. The molecule has 0 fully saturated rings. The SMILES string of the molecule is CC1C2=C(CCC[CH]2[Sc]([CH](c2ccccc2)N(C)C)[CH](c2ccccc2)N(C)C)c2ccccc21. The van der Waals surface area contributed by atoms with Crippen molar-refractivity contribution >= 4 is 5.57 Å². The molecule has 2 nitrogen and oxygen atoms in total. The van der Waals surface area contributed by atoms with E-state index in [1.165, 1.54) is 30.4 Å². The Morgan fingerprint density at radius 3 is 1.77 bits per heavy atom. The number of allylic oxidation sites excluding steroid dienone is 2. The van der Waals surface area contributed by atoms with Crippen molar-refractivity contribution in [3.63, 3.8) is 0 Å². The fourth-order valence-corrected chi connectivity index (χ4v) is 15.8. The maximum absolute atomic E-state index is 2.56. The third-order valence-electron chi connectivity index (χ3n) is 8.50. The van der Waals surface area contributed by atoms with Crippen molar-refractivity contribution in [3.05, 3.63) is 113 Å². The minimum atomic E-state index is -2.26. The van der Waals surface area contributed by atoms with E-state index in [0.29, 0.717) is 17.2 Å². The van der Waals surface area contributed by atoms with E-state index in [1.54, 1.807) is 22.3 Å². The Kier molecular flexibility index (Phi) is 7.58. The second kappa shape index (κ2) is 10.7. The summed E-state index contributed by atoms with van der Waals surface area (Å²) in [6.07, 6.45) is 3.91. The van der Waals surface area contributed by atoms with Crippen LogP contribution in [0.15, 0.2) is 90.5 Å². The Balaban J connectivity index is 1.71. The Morgan fingerprint density at radius 2 is 1.23 bits per heavy atom. The van der Waals surface area contributed by atoms with Gasteiger partial charge in [0.2, 0.25) is 0 Å². The molecule has 4 unspecified atom stereocenters. The standard InChI is InChI=1S/C14H15.2C9H12N.Sc/c1-10-11-6-2-4-8-13(11)14-9-5-3-7-12(10)14;2*1-10(2)8-9-6-4-3-5-7-9;/h2,4,6-8,10H,3,5,9H2,1H3;2*3-8H,1-2H3;. The molecule has 0 radical (unpaired) electrons. The van der Waals surface area contributed by atoms with Crippen LogP contribution >= 0.6 is 0 Å². The van der Waals surface area contributed by atoms with E-state index < -0.39 is 21.4 Å². The Bertz CT molecular complexity index is 1120. The van der Waals surface area contributed by atoms with Gasteiger partial charge in [-0.2, -0.15) is 0 Å². The number of hydrogen-bond donors (Lipinski definition) is 0. The number of rotatable bonds is 7. The molecule has 0 aliphatic heterocycles. The average Bonchev–Trinajstić information content (AvgIpc) is 3.17. The summed E-state index contributed by atoms with van der Waals surface area (Å²) < 4.78 is 1.72. The van der Waals surface area contributed by atoms with Crippen molar-refractivity contribution in [2.75, 3.05) is 28.2 Å². The van der Waals surface area contributed by atoms with E-state index in [-0.39, 0.29) is 0 Å². The van der Waals surface area contributed by atoms with E-state index in [0.717, 1.165) is 0 Å². The molecule has 4 atom stereocenters. The first-order valence-electron chi connectivity index (χ1n) is 13.2. The number of fused-ring (bicyclic) bond motifs is 2. The van der Waals surface area contributed by atoms with Crippen molar-refractivity contribution in [3.8, 4) is 0 Å². The fraction of sp³-hybridized carbons (Fsp3) is 0.375. The molecule has 3 aromatic rings. The van der Waals surface area contributed by atoms with Gasteiger partial charge < -0.3 is 0 Å². The van der Waals surface area contributed by atoms with Crippen LogP contribution in [0, 0.1) is 0 Å². The van der Waals surface area contributed by atoms with Crippen LogP contribution in [0.4, 0.5) is 0 Å². The van der Waals surface area contributed by atoms with Gasteiger partial charge in [0.15, 0.2) is 0 Å². The predicted octanol–water partition coefficient (Wildman–Crippen LogP) is 7.67. The summed E-state index contributed by atoms with van der Waals surface area (Å²) in [5, 5.41) is 0. The second-order valence-corrected chi connectivity index (χ2v) is 16.0. The first kappa shape index (κ1) is 24.9. The van der Waals surface area contributed by atoms with Gasteiger partial charge in [0.1, 0.15) is 0 Å². The molecule has 0 N–H and O–H groups in total. The molecule has 2 aliphatic rings. The molecule has 2 aliphatic carbocycles. The van der Waals surface area contributed by atoms with E-state index in [4.69, 9.17) is 0 Å². The van der Waals surface area contributed by atoms with Crippen LogP contribution < -0.4 is 0 Å². The van der Waals surface area contributed by atoms with Crippen LogP contribution in [0.2, 0.25) is 3.67 Å². The molecule has 180 valence electrons. The van der Waals surface area contributed by atoms with Crippen molar-refractivity contribution < 1.29 is 21.4 Å². The zero-order valence-electron chi connectivity index (χ0n) is 22.0. The zero-order valence-corrected chi connectivity index (χ0v) is 23.8.